The molecule has 2 radical (unpaired) electrons. The summed E-state index contributed by atoms with van der Waals surface area (Å²) in [6.07, 6.45) is 0. The first-order valence-electron chi connectivity index (χ1n) is 1.17. The maximum atomic E-state index is 4.98. The summed E-state index contributed by atoms with van der Waals surface area (Å²) in [7, 11) is 4.98. The second kappa shape index (κ2) is 1.71. The molecule has 0 N–H and O–H groups in total. The van der Waals surface area contributed by atoms with Gasteiger partial charge in [-0.3, -0.25) is 0 Å². The Kier molecular flexibility index (Phi) is 1.88. The van der Waals surface area contributed by atoms with Gasteiger partial charge in [0.25, 0.3) is 0 Å². The summed E-state index contributed by atoms with van der Waals surface area (Å²) in [4.78, 5) is 0. The van der Waals surface area contributed by atoms with Crippen molar-refractivity contribution in [1.82, 2.24) is 0 Å². The van der Waals surface area contributed by atoms with Gasteiger partial charge in [-0.1, -0.05) is 6.92 Å². The molecule has 0 aromatic rings. The van der Waals surface area contributed by atoms with E-state index in [1.165, 1.54) is 0 Å². The van der Waals surface area contributed by atoms with E-state index in [2.05, 4.69) is 12.6 Å². The Morgan fingerprint density at radius 1 is 2.00 bits per heavy atom. The molecule has 0 fully saturated rings. The molecule has 0 aliphatic rings. The molecule has 4 heavy (non-hydrogen) atoms. The average molecular weight is 71.9 g/mol. The van der Waals surface area contributed by atoms with E-state index in [1.54, 1.807) is 0 Å². The highest BCUT2D eigenvalue weighted by molar-refractivity contribution is 7.82. The van der Waals surface area contributed by atoms with Gasteiger partial charge in [-0.2, -0.15) is 12.6 Å². The Morgan fingerprint density at radius 2 is 2.00 bits per heavy atom. The Labute approximate surface area is 33.4 Å². The lowest BCUT2D eigenvalue weighted by atomic mass is 10.1. The van der Waals surface area contributed by atoms with Crippen LogP contribution in [0, 0.1) is 0 Å². The van der Waals surface area contributed by atoms with Gasteiger partial charge in [-0.05, 0) is 5.15 Å². The molecule has 0 bridgehead atoms. The first-order chi connectivity index (χ1) is 1.73. The van der Waals surface area contributed by atoms with Crippen LogP contribution in [0.2, 0.25) is 0 Å². The molecule has 22 valence electrons. The van der Waals surface area contributed by atoms with Crippen molar-refractivity contribution in [2.45, 2.75) is 12.1 Å². The molecular weight excluding hydrogens is 66.9 g/mol. The summed E-state index contributed by atoms with van der Waals surface area (Å²) in [5.74, 6) is 0. The van der Waals surface area contributed by atoms with E-state index in [9.17, 15) is 0 Å². The molecule has 0 saturated heterocycles. The maximum absolute atomic E-state index is 4.98. The number of thiol groups is 1. The second-order valence-electron chi connectivity index (χ2n) is 0.741. The average Bonchev–Trinajstić information content (AvgIpc) is 0.811. The van der Waals surface area contributed by atoms with Crippen LogP contribution < -0.4 is 0 Å². The molecule has 0 rings (SSSR count). The topological polar surface area (TPSA) is 0 Å². The van der Waals surface area contributed by atoms with Crippen molar-refractivity contribution < 1.29 is 0 Å². The zero-order chi connectivity index (χ0) is 3.58. The highest BCUT2D eigenvalue weighted by Crippen LogP contribution is 1.77. The second-order valence-corrected chi connectivity index (χ2v) is 1.56. The minimum atomic E-state index is 0.0278. The fraction of sp³-hybridized carbons (Fsp3) is 1.00. The molecule has 1 atom stereocenters. The van der Waals surface area contributed by atoms with Crippen molar-refractivity contribution in [1.29, 1.82) is 0 Å². The third-order valence-corrected chi connectivity index (χ3v) is 0. The SMILES string of the molecule is [B][C@@H](C)S. The summed E-state index contributed by atoms with van der Waals surface area (Å²) in [5, 5.41) is 0.0278. The Morgan fingerprint density at radius 3 is 2.00 bits per heavy atom. The molecule has 0 aliphatic heterocycles. The third-order valence-electron chi connectivity index (χ3n) is 0. The molecule has 0 aliphatic carbocycles. The van der Waals surface area contributed by atoms with Crippen LogP contribution >= 0.6 is 12.6 Å². The smallest absolute Gasteiger partial charge is 0.0838 e. The van der Waals surface area contributed by atoms with E-state index < -0.39 is 0 Å². The van der Waals surface area contributed by atoms with Crippen molar-refractivity contribution in [3.05, 3.63) is 0 Å². The molecular formula is C2H5BS. The Bertz CT molecular complexity index is 10.8. The summed E-state index contributed by atoms with van der Waals surface area (Å²) < 4.78 is 0. The molecule has 0 amide bonds. The van der Waals surface area contributed by atoms with Gasteiger partial charge in [0.05, 0.1) is 7.85 Å². The third kappa shape index (κ3) is 28.1. The van der Waals surface area contributed by atoms with Gasteiger partial charge in [0.1, 0.15) is 0 Å². The number of hydrogen-bond acceptors (Lipinski definition) is 1. The van der Waals surface area contributed by atoms with Crippen molar-refractivity contribution in [2.24, 2.45) is 0 Å². The Hall–Kier alpha value is 0.415. The zero-order valence-electron chi connectivity index (χ0n) is 2.60. The highest BCUT2D eigenvalue weighted by Gasteiger charge is 1.69. The molecule has 0 heterocycles. The van der Waals surface area contributed by atoms with Crippen LogP contribution in [-0.4, -0.2) is 13.0 Å². The van der Waals surface area contributed by atoms with Gasteiger partial charge in [-0.25, -0.2) is 0 Å². The largest absolute Gasteiger partial charge is 0.186 e. The minimum Gasteiger partial charge on any atom is -0.186 e. The first-order valence-corrected chi connectivity index (χ1v) is 1.69. The van der Waals surface area contributed by atoms with Crippen LogP contribution in [0.5, 0.6) is 0 Å². The normalized spacial score (nSPS) is 15.5. The lowest BCUT2D eigenvalue weighted by Crippen LogP contribution is -1.82. The van der Waals surface area contributed by atoms with Crippen LogP contribution in [0.15, 0.2) is 0 Å². The summed E-state index contributed by atoms with van der Waals surface area (Å²) in [6, 6.07) is 0. The van der Waals surface area contributed by atoms with Gasteiger partial charge in [0.2, 0.25) is 0 Å². The van der Waals surface area contributed by atoms with E-state index in [-0.39, 0.29) is 5.15 Å². The fourth-order valence-electron chi connectivity index (χ4n) is 0. The summed E-state index contributed by atoms with van der Waals surface area (Å²) in [6.45, 7) is 1.81. The van der Waals surface area contributed by atoms with Crippen LogP contribution in [0.3, 0.4) is 0 Å². The maximum Gasteiger partial charge on any atom is 0.0838 e. The molecule has 0 unspecified atom stereocenters. The lowest BCUT2D eigenvalue weighted by Gasteiger charge is -1.78. The van der Waals surface area contributed by atoms with E-state index in [4.69, 9.17) is 7.85 Å². The predicted octanol–water partition coefficient (Wildman–Crippen LogP) is 0.431. The monoisotopic (exact) mass is 72.0 g/mol. The first kappa shape index (κ1) is 4.41. The van der Waals surface area contributed by atoms with Gasteiger partial charge < -0.3 is 0 Å². The molecule has 0 spiro atoms. The van der Waals surface area contributed by atoms with Gasteiger partial charge in [0, 0.05) is 0 Å². The zero-order valence-corrected chi connectivity index (χ0v) is 3.50. The van der Waals surface area contributed by atoms with Gasteiger partial charge in [0.15, 0.2) is 0 Å². The lowest BCUT2D eigenvalue weighted by molar-refractivity contribution is 1.42. The van der Waals surface area contributed by atoms with Gasteiger partial charge in [-0.15, -0.1) is 0 Å². The molecule has 2 heteroatoms. The summed E-state index contributed by atoms with van der Waals surface area (Å²) in [5.41, 5.74) is 0. The van der Waals surface area contributed by atoms with Crippen LogP contribution in [0.1, 0.15) is 6.92 Å². The molecule has 0 nitrogen and oxygen atoms in total. The van der Waals surface area contributed by atoms with Crippen LogP contribution in [-0.2, 0) is 0 Å². The highest BCUT2D eigenvalue weighted by atomic mass is 32.1. The fourth-order valence-corrected chi connectivity index (χ4v) is 0. The minimum absolute atomic E-state index is 0.0278. The van der Waals surface area contributed by atoms with E-state index in [1.807, 2.05) is 6.92 Å². The Balaban J connectivity index is 2.32. The number of rotatable bonds is 0. The van der Waals surface area contributed by atoms with E-state index in [0.717, 1.165) is 0 Å². The van der Waals surface area contributed by atoms with E-state index >= 15 is 0 Å². The van der Waals surface area contributed by atoms with Crippen LogP contribution in [0.4, 0.5) is 0 Å². The molecule has 0 aromatic carbocycles. The van der Waals surface area contributed by atoms with Crippen molar-refractivity contribution >= 4 is 20.5 Å². The predicted molar refractivity (Wildman–Crippen MR) is 24.2 cm³/mol. The van der Waals surface area contributed by atoms with Crippen LogP contribution in [0.25, 0.3) is 0 Å². The number of hydrogen-bond donors (Lipinski definition) is 1. The van der Waals surface area contributed by atoms with Crippen molar-refractivity contribution in [2.75, 3.05) is 0 Å². The van der Waals surface area contributed by atoms with Gasteiger partial charge >= 0.3 is 0 Å². The molecule has 0 aromatic heterocycles. The standard InChI is InChI=1S/C2H5BS/c1-2(3)4/h2,4H,1H3/t2-/m1/s1. The van der Waals surface area contributed by atoms with Crippen molar-refractivity contribution in [3.8, 4) is 0 Å². The molecule has 0 saturated carbocycles. The summed E-state index contributed by atoms with van der Waals surface area (Å²) >= 11 is 3.74. The van der Waals surface area contributed by atoms with E-state index in [0.29, 0.717) is 0 Å². The quantitative estimate of drug-likeness (QED) is 0.311. The van der Waals surface area contributed by atoms with Crippen molar-refractivity contribution in [3.63, 3.8) is 0 Å².